The Bertz CT molecular complexity index is 633. The van der Waals surface area contributed by atoms with Gasteiger partial charge in [0.05, 0.1) is 11.1 Å². The molecule has 0 atom stereocenters. The largest absolute Gasteiger partial charge is 0.264 e. The number of benzene rings is 1. The van der Waals surface area contributed by atoms with Crippen LogP contribution in [-0.4, -0.2) is 14.6 Å². The van der Waals surface area contributed by atoms with Gasteiger partial charge in [0, 0.05) is 12.4 Å². The topological polar surface area (TPSA) is 38.7 Å². The van der Waals surface area contributed by atoms with Crippen LogP contribution in [0.4, 0.5) is 0 Å². The van der Waals surface area contributed by atoms with E-state index in [0.29, 0.717) is 0 Å². The van der Waals surface area contributed by atoms with Crippen LogP contribution in [0.3, 0.4) is 0 Å². The van der Waals surface area contributed by atoms with E-state index in [4.69, 9.17) is 0 Å². The van der Waals surface area contributed by atoms with Gasteiger partial charge in [0.25, 0.3) is 0 Å². The summed E-state index contributed by atoms with van der Waals surface area (Å²) in [6.07, 6.45) is 9.71. The molecule has 1 radical (unpaired) electrons. The fraction of sp³-hybridized carbons (Fsp3) is 0.125. The standard InChI is InChI=1S/C16H14N3S/c1(4-14-5-2-10-17-11-14)3-13-6-8-15(9-7-13)16-12-18-19-20-16/h1-2,5-12H,3-4H2. The molecular formula is C16H14N3S. The van der Waals surface area contributed by atoms with Crippen molar-refractivity contribution < 1.29 is 0 Å². The van der Waals surface area contributed by atoms with E-state index in [2.05, 4.69) is 51.3 Å². The predicted octanol–water partition coefficient (Wildman–Crippen LogP) is 3.59. The first-order valence-electron chi connectivity index (χ1n) is 6.49. The molecule has 2 heterocycles. The van der Waals surface area contributed by atoms with E-state index in [9.17, 15) is 0 Å². The first kappa shape index (κ1) is 12.9. The molecule has 20 heavy (non-hydrogen) atoms. The minimum Gasteiger partial charge on any atom is -0.264 e. The van der Waals surface area contributed by atoms with Crippen LogP contribution in [0, 0.1) is 6.42 Å². The molecular weight excluding hydrogens is 266 g/mol. The SMILES string of the molecule is [CH](Cc1ccc(-c2cnns2)cc1)Cc1cccnc1. The number of pyridine rings is 1. The van der Waals surface area contributed by atoms with E-state index < -0.39 is 0 Å². The van der Waals surface area contributed by atoms with Crippen molar-refractivity contribution in [2.75, 3.05) is 0 Å². The zero-order valence-corrected chi connectivity index (χ0v) is 11.8. The molecule has 3 rings (SSSR count). The molecule has 0 fully saturated rings. The highest BCUT2D eigenvalue weighted by Crippen LogP contribution is 2.22. The highest BCUT2D eigenvalue weighted by Gasteiger charge is 2.01. The van der Waals surface area contributed by atoms with Crippen LogP contribution in [0.5, 0.6) is 0 Å². The van der Waals surface area contributed by atoms with E-state index in [1.54, 1.807) is 12.4 Å². The normalized spacial score (nSPS) is 10.6. The number of aromatic nitrogens is 3. The molecule has 99 valence electrons. The summed E-state index contributed by atoms with van der Waals surface area (Å²) in [5.41, 5.74) is 3.74. The minimum atomic E-state index is 0.953. The van der Waals surface area contributed by atoms with Crippen LogP contribution in [-0.2, 0) is 12.8 Å². The van der Waals surface area contributed by atoms with Crippen LogP contribution >= 0.6 is 11.5 Å². The number of hydrogen-bond acceptors (Lipinski definition) is 4. The van der Waals surface area contributed by atoms with Crippen LogP contribution < -0.4 is 0 Å². The molecule has 0 aliphatic rings. The van der Waals surface area contributed by atoms with E-state index in [1.165, 1.54) is 28.2 Å². The lowest BCUT2D eigenvalue weighted by atomic mass is 10.0. The summed E-state index contributed by atoms with van der Waals surface area (Å²) < 4.78 is 3.88. The fourth-order valence-corrected chi connectivity index (χ4v) is 2.54. The lowest BCUT2D eigenvalue weighted by Crippen LogP contribution is -1.91. The average Bonchev–Trinajstić information content (AvgIpc) is 3.03. The van der Waals surface area contributed by atoms with Gasteiger partial charge in [0.1, 0.15) is 0 Å². The molecule has 0 unspecified atom stereocenters. The maximum absolute atomic E-state index is 4.12. The molecule has 0 saturated carbocycles. The number of nitrogens with zero attached hydrogens (tertiary/aromatic N) is 3. The van der Waals surface area contributed by atoms with Crippen molar-refractivity contribution in [2.24, 2.45) is 0 Å². The third kappa shape index (κ3) is 3.27. The summed E-state index contributed by atoms with van der Waals surface area (Å²) in [5, 5.41) is 3.86. The second kappa shape index (κ2) is 6.39. The van der Waals surface area contributed by atoms with Crippen LogP contribution in [0.15, 0.2) is 55.0 Å². The number of hydrogen-bond donors (Lipinski definition) is 0. The highest BCUT2D eigenvalue weighted by molar-refractivity contribution is 7.09. The third-order valence-corrected chi connectivity index (χ3v) is 3.80. The summed E-state index contributed by atoms with van der Waals surface area (Å²) in [4.78, 5) is 5.23. The van der Waals surface area contributed by atoms with E-state index >= 15 is 0 Å². The second-order valence-corrected chi connectivity index (χ2v) is 5.32. The van der Waals surface area contributed by atoms with Gasteiger partial charge >= 0.3 is 0 Å². The molecule has 4 heteroatoms. The minimum absolute atomic E-state index is 0.953. The smallest absolute Gasteiger partial charge is 0.0753 e. The van der Waals surface area contributed by atoms with Gasteiger partial charge < -0.3 is 0 Å². The lowest BCUT2D eigenvalue weighted by molar-refractivity contribution is 1.02. The van der Waals surface area contributed by atoms with Crippen molar-refractivity contribution in [3.63, 3.8) is 0 Å². The van der Waals surface area contributed by atoms with Gasteiger partial charge in [-0.3, -0.25) is 4.98 Å². The molecule has 0 bridgehead atoms. The van der Waals surface area contributed by atoms with Crippen molar-refractivity contribution >= 4 is 11.5 Å². The quantitative estimate of drug-likeness (QED) is 0.717. The second-order valence-electron chi connectivity index (χ2n) is 4.54. The maximum Gasteiger partial charge on any atom is 0.0753 e. The zero-order chi connectivity index (χ0) is 13.6. The summed E-state index contributed by atoms with van der Waals surface area (Å²) >= 11 is 1.42. The van der Waals surface area contributed by atoms with E-state index in [-0.39, 0.29) is 0 Å². The lowest BCUT2D eigenvalue weighted by Gasteiger charge is -2.03. The highest BCUT2D eigenvalue weighted by atomic mass is 32.1. The Morgan fingerprint density at radius 2 is 1.80 bits per heavy atom. The number of rotatable bonds is 5. The maximum atomic E-state index is 4.12. The Kier molecular flexibility index (Phi) is 4.13. The first-order chi connectivity index (χ1) is 9.92. The predicted molar refractivity (Wildman–Crippen MR) is 81.3 cm³/mol. The first-order valence-corrected chi connectivity index (χ1v) is 7.26. The fourth-order valence-electron chi connectivity index (χ4n) is 2.02. The molecule has 3 aromatic rings. The van der Waals surface area contributed by atoms with Crippen molar-refractivity contribution in [3.8, 4) is 10.4 Å². The van der Waals surface area contributed by atoms with Gasteiger partial charge in [-0.1, -0.05) is 34.8 Å². The molecule has 0 aliphatic carbocycles. The summed E-state index contributed by atoms with van der Waals surface area (Å²) in [6.45, 7) is 0. The van der Waals surface area contributed by atoms with Crippen molar-refractivity contribution in [3.05, 3.63) is 72.5 Å². The molecule has 0 amide bonds. The third-order valence-electron chi connectivity index (χ3n) is 3.08. The van der Waals surface area contributed by atoms with Crippen molar-refractivity contribution in [2.45, 2.75) is 12.8 Å². The average molecular weight is 280 g/mol. The van der Waals surface area contributed by atoms with Gasteiger partial charge in [-0.05, 0) is 53.6 Å². The Labute approximate surface area is 122 Å². The van der Waals surface area contributed by atoms with E-state index in [1.807, 2.05) is 12.3 Å². The summed E-state index contributed by atoms with van der Waals surface area (Å²) in [6, 6.07) is 12.7. The molecule has 3 nitrogen and oxygen atoms in total. The Morgan fingerprint density at radius 1 is 0.950 bits per heavy atom. The van der Waals surface area contributed by atoms with Gasteiger partial charge in [0.15, 0.2) is 0 Å². The molecule has 0 N–H and O–H groups in total. The molecule has 0 spiro atoms. The van der Waals surface area contributed by atoms with Crippen LogP contribution in [0.1, 0.15) is 11.1 Å². The van der Waals surface area contributed by atoms with E-state index in [0.717, 1.165) is 17.7 Å². The summed E-state index contributed by atoms with van der Waals surface area (Å²) in [7, 11) is 0. The van der Waals surface area contributed by atoms with Crippen LogP contribution in [0.25, 0.3) is 10.4 Å². The molecule has 1 aromatic carbocycles. The van der Waals surface area contributed by atoms with Gasteiger partial charge in [-0.25, -0.2) is 0 Å². The van der Waals surface area contributed by atoms with Crippen molar-refractivity contribution in [1.29, 1.82) is 0 Å². The Morgan fingerprint density at radius 3 is 2.50 bits per heavy atom. The van der Waals surface area contributed by atoms with Crippen molar-refractivity contribution in [1.82, 2.24) is 14.6 Å². The Hall–Kier alpha value is -2.07. The van der Waals surface area contributed by atoms with Crippen LogP contribution in [0.2, 0.25) is 0 Å². The van der Waals surface area contributed by atoms with Gasteiger partial charge in [0.2, 0.25) is 0 Å². The summed E-state index contributed by atoms with van der Waals surface area (Å²) in [5.74, 6) is 0. The molecule has 0 aliphatic heterocycles. The molecule has 2 aromatic heterocycles. The molecule has 0 saturated heterocycles. The van der Waals surface area contributed by atoms with Gasteiger partial charge in [-0.15, -0.1) is 5.10 Å². The Balaban J connectivity index is 1.56. The zero-order valence-electron chi connectivity index (χ0n) is 10.9. The van der Waals surface area contributed by atoms with Gasteiger partial charge in [-0.2, -0.15) is 0 Å². The monoisotopic (exact) mass is 280 g/mol.